The van der Waals surface area contributed by atoms with Crippen LogP contribution >= 0.6 is 11.3 Å². The lowest BCUT2D eigenvalue weighted by molar-refractivity contribution is 0.325. The van der Waals surface area contributed by atoms with Crippen molar-refractivity contribution in [2.45, 2.75) is 6.42 Å². The molecule has 1 aliphatic rings. The highest BCUT2D eigenvalue weighted by molar-refractivity contribution is 7.19. The van der Waals surface area contributed by atoms with Crippen LogP contribution < -0.4 is 10.5 Å². The van der Waals surface area contributed by atoms with Crippen molar-refractivity contribution in [1.29, 1.82) is 0 Å². The molecule has 140 valence electrons. The molecule has 9 heteroatoms. The summed E-state index contributed by atoms with van der Waals surface area (Å²) in [5.41, 5.74) is 7.72. The van der Waals surface area contributed by atoms with Crippen LogP contribution in [0.2, 0.25) is 0 Å². The Bertz CT molecular complexity index is 1200. The molecule has 0 saturated carbocycles. The zero-order valence-electron chi connectivity index (χ0n) is 14.4. The first-order valence-electron chi connectivity index (χ1n) is 8.48. The van der Waals surface area contributed by atoms with Crippen molar-refractivity contribution in [3.05, 3.63) is 59.9 Å². The van der Waals surface area contributed by atoms with Gasteiger partial charge < -0.3 is 10.5 Å². The van der Waals surface area contributed by atoms with Gasteiger partial charge in [-0.25, -0.2) is 23.4 Å². The van der Waals surface area contributed by atoms with E-state index in [4.69, 9.17) is 10.5 Å². The van der Waals surface area contributed by atoms with Gasteiger partial charge in [-0.3, -0.25) is 0 Å². The second-order valence-corrected chi connectivity index (χ2v) is 7.29. The number of hydrogen-bond donors (Lipinski definition) is 1. The van der Waals surface area contributed by atoms with E-state index >= 15 is 0 Å². The standard InChI is InChI=1S/C19H13F2N5OS/c20-11-1-2-13(12(21)8-11)26-19(23-9-24-26)15-7-10-5-6-27-14-3-4-16(22)25-17(14)18(10)28-15/h1-4,7-9H,5-6H2,(H2,22,25). The van der Waals surface area contributed by atoms with Crippen molar-refractivity contribution in [3.8, 4) is 32.7 Å². The van der Waals surface area contributed by atoms with Crippen molar-refractivity contribution in [3.63, 3.8) is 0 Å². The number of anilines is 1. The Morgan fingerprint density at radius 1 is 1.14 bits per heavy atom. The van der Waals surface area contributed by atoms with Gasteiger partial charge in [-0.15, -0.1) is 11.3 Å². The summed E-state index contributed by atoms with van der Waals surface area (Å²) in [6, 6.07) is 8.84. The molecule has 5 rings (SSSR count). The van der Waals surface area contributed by atoms with E-state index in [-0.39, 0.29) is 5.69 Å². The second-order valence-electron chi connectivity index (χ2n) is 6.24. The Labute approximate surface area is 162 Å². The average molecular weight is 397 g/mol. The maximum Gasteiger partial charge on any atom is 0.173 e. The van der Waals surface area contributed by atoms with Gasteiger partial charge >= 0.3 is 0 Å². The first-order chi connectivity index (χ1) is 13.6. The Hall–Kier alpha value is -3.33. The molecule has 28 heavy (non-hydrogen) atoms. The smallest absolute Gasteiger partial charge is 0.173 e. The number of nitrogens with two attached hydrogens (primary N) is 1. The van der Waals surface area contributed by atoms with Crippen molar-refractivity contribution in [2.24, 2.45) is 0 Å². The van der Waals surface area contributed by atoms with Crippen LogP contribution in [-0.4, -0.2) is 26.4 Å². The van der Waals surface area contributed by atoms with E-state index in [0.717, 1.165) is 21.4 Å². The number of ether oxygens (including phenoxy) is 1. The largest absolute Gasteiger partial charge is 0.491 e. The van der Waals surface area contributed by atoms with Gasteiger partial charge in [0.1, 0.15) is 35.1 Å². The average Bonchev–Trinajstić information content (AvgIpc) is 3.27. The Morgan fingerprint density at radius 3 is 2.89 bits per heavy atom. The van der Waals surface area contributed by atoms with Crippen LogP contribution in [0.3, 0.4) is 0 Å². The van der Waals surface area contributed by atoms with Crippen LogP contribution in [-0.2, 0) is 6.42 Å². The maximum absolute atomic E-state index is 14.3. The van der Waals surface area contributed by atoms with Crippen LogP contribution in [0.25, 0.3) is 27.0 Å². The minimum Gasteiger partial charge on any atom is -0.491 e. The van der Waals surface area contributed by atoms with E-state index in [1.54, 1.807) is 6.07 Å². The zero-order valence-corrected chi connectivity index (χ0v) is 15.2. The molecular formula is C19H13F2N5OS. The van der Waals surface area contributed by atoms with Crippen molar-refractivity contribution >= 4 is 17.2 Å². The minimum absolute atomic E-state index is 0.128. The third-order valence-corrected chi connectivity index (χ3v) is 5.62. The number of nitrogens with zero attached hydrogens (tertiary/aromatic N) is 4. The predicted molar refractivity (Wildman–Crippen MR) is 101 cm³/mol. The van der Waals surface area contributed by atoms with Gasteiger partial charge in [0.25, 0.3) is 0 Å². The van der Waals surface area contributed by atoms with Gasteiger partial charge in [0.05, 0.1) is 16.4 Å². The molecule has 0 fully saturated rings. The summed E-state index contributed by atoms with van der Waals surface area (Å²) in [4.78, 5) is 10.5. The summed E-state index contributed by atoms with van der Waals surface area (Å²) in [5.74, 6) is 0.188. The number of pyridine rings is 1. The molecule has 3 aromatic heterocycles. The molecule has 1 aliphatic heterocycles. The highest BCUT2D eigenvalue weighted by Gasteiger charge is 2.23. The fourth-order valence-corrected chi connectivity index (χ4v) is 4.36. The molecule has 0 aliphatic carbocycles. The van der Waals surface area contributed by atoms with E-state index in [0.29, 0.717) is 36.1 Å². The third-order valence-electron chi connectivity index (χ3n) is 4.44. The SMILES string of the molecule is Nc1ccc2c(n1)-c1sc(-c3ncnn3-c3ccc(F)cc3F)cc1CCO2. The number of aromatic nitrogens is 4. The normalized spacial score (nSPS) is 12.8. The molecule has 0 amide bonds. The molecule has 0 radical (unpaired) electrons. The second kappa shape index (κ2) is 6.38. The highest BCUT2D eigenvalue weighted by atomic mass is 32.1. The summed E-state index contributed by atoms with van der Waals surface area (Å²) >= 11 is 1.46. The predicted octanol–water partition coefficient (Wildman–Crippen LogP) is 3.85. The molecule has 4 aromatic rings. The summed E-state index contributed by atoms with van der Waals surface area (Å²) in [6.07, 6.45) is 2.04. The van der Waals surface area contributed by atoms with Crippen LogP contribution in [0.1, 0.15) is 5.56 Å². The molecule has 0 atom stereocenters. The van der Waals surface area contributed by atoms with Crippen molar-refractivity contribution in [1.82, 2.24) is 19.7 Å². The molecule has 0 spiro atoms. The number of fused-ring (bicyclic) bond motifs is 3. The van der Waals surface area contributed by atoms with Crippen molar-refractivity contribution < 1.29 is 13.5 Å². The van der Waals surface area contributed by atoms with Gasteiger partial charge in [-0.05, 0) is 35.9 Å². The topological polar surface area (TPSA) is 78.9 Å². The van der Waals surface area contributed by atoms with Crippen LogP contribution in [0.5, 0.6) is 5.75 Å². The lowest BCUT2D eigenvalue weighted by atomic mass is 10.1. The summed E-state index contributed by atoms with van der Waals surface area (Å²) in [7, 11) is 0. The molecule has 4 heterocycles. The number of hydrogen-bond acceptors (Lipinski definition) is 6. The third kappa shape index (κ3) is 2.71. The molecular weight excluding hydrogens is 384 g/mol. The van der Waals surface area contributed by atoms with Gasteiger partial charge in [0.2, 0.25) is 0 Å². The van der Waals surface area contributed by atoms with E-state index in [1.807, 2.05) is 12.1 Å². The van der Waals surface area contributed by atoms with Crippen LogP contribution in [0.15, 0.2) is 42.7 Å². The van der Waals surface area contributed by atoms with Gasteiger partial charge in [0, 0.05) is 12.5 Å². The Balaban J connectivity index is 1.65. The quantitative estimate of drug-likeness (QED) is 0.556. The number of thiophene rings is 1. The molecule has 0 unspecified atom stereocenters. The maximum atomic E-state index is 14.3. The zero-order chi connectivity index (χ0) is 19.3. The lowest BCUT2D eigenvalue weighted by Gasteiger charge is -2.07. The Kier molecular flexibility index (Phi) is 3.83. The number of rotatable bonds is 2. The summed E-state index contributed by atoms with van der Waals surface area (Å²) in [5, 5.41) is 4.13. The fourth-order valence-electron chi connectivity index (χ4n) is 3.18. The fraction of sp³-hybridized carbons (Fsp3) is 0.105. The first-order valence-corrected chi connectivity index (χ1v) is 9.30. The monoisotopic (exact) mass is 397 g/mol. The number of benzene rings is 1. The molecule has 0 bridgehead atoms. The summed E-state index contributed by atoms with van der Waals surface area (Å²) in [6.45, 7) is 0.515. The van der Waals surface area contributed by atoms with E-state index in [9.17, 15) is 8.78 Å². The van der Waals surface area contributed by atoms with Gasteiger partial charge in [-0.1, -0.05) is 0 Å². The first kappa shape index (κ1) is 16.8. The highest BCUT2D eigenvalue weighted by Crippen LogP contribution is 2.42. The molecule has 2 N–H and O–H groups in total. The Morgan fingerprint density at radius 2 is 2.04 bits per heavy atom. The van der Waals surface area contributed by atoms with E-state index in [1.165, 1.54) is 34.5 Å². The van der Waals surface area contributed by atoms with Gasteiger partial charge in [0.15, 0.2) is 11.6 Å². The minimum atomic E-state index is -0.710. The van der Waals surface area contributed by atoms with Crippen molar-refractivity contribution in [2.75, 3.05) is 12.3 Å². The van der Waals surface area contributed by atoms with Crippen LogP contribution in [0, 0.1) is 11.6 Å². The number of halogens is 2. The van der Waals surface area contributed by atoms with Crippen LogP contribution in [0.4, 0.5) is 14.6 Å². The number of nitrogen functional groups attached to an aromatic ring is 1. The lowest BCUT2D eigenvalue weighted by Crippen LogP contribution is -2.02. The van der Waals surface area contributed by atoms with E-state index < -0.39 is 11.6 Å². The molecule has 0 saturated heterocycles. The summed E-state index contributed by atoms with van der Waals surface area (Å²) < 4.78 is 34.7. The molecule has 1 aromatic carbocycles. The van der Waals surface area contributed by atoms with E-state index in [2.05, 4.69) is 15.1 Å². The molecule has 6 nitrogen and oxygen atoms in total. The van der Waals surface area contributed by atoms with Gasteiger partial charge in [-0.2, -0.15) is 5.10 Å².